The largest absolute Gasteiger partial charge is 0.497 e. The zero-order valence-electron chi connectivity index (χ0n) is 12.5. The van der Waals surface area contributed by atoms with Gasteiger partial charge in [0.25, 0.3) is 0 Å². The molecule has 1 amide bonds. The number of thioether (sulfide) groups is 1. The first-order valence-corrected chi connectivity index (χ1v) is 7.72. The Bertz CT molecular complexity index is 682. The van der Waals surface area contributed by atoms with Crippen LogP contribution in [0.3, 0.4) is 0 Å². The first-order chi connectivity index (χ1) is 10.6. The number of methoxy groups -OCH3 is 1. The topological polar surface area (TPSA) is 71.2 Å². The minimum Gasteiger partial charge on any atom is -0.497 e. The molecule has 1 heterocycles. The van der Waals surface area contributed by atoms with Crippen LogP contribution in [0.4, 0.5) is 0 Å². The molecule has 2 aromatic rings. The molecule has 0 bridgehead atoms. The molecular formula is C16H18N2O3S. The Morgan fingerprint density at radius 2 is 2.05 bits per heavy atom. The third-order valence-corrected chi connectivity index (χ3v) is 4.16. The highest BCUT2D eigenvalue weighted by Crippen LogP contribution is 2.25. The van der Waals surface area contributed by atoms with E-state index in [-0.39, 0.29) is 16.7 Å². The fourth-order valence-electron chi connectivity index (χ4n) is 1.84. The van der Waals surface area contributed by atoms with Crippen LogP contribution in [-0.4, -0.2) is 23.3 Å². The molecule has 0 fully saturated rings. The summed E-state index contributed by atoms with van der Waals surface area (Å²) in [5, 5.41) is 2.61. The molecule has 0 spiro atoms. The van der Waals surface area contributed by atoms with Gasteiger partial charge in [0.05, 0.1) is 12.4 Å². The fourth-order valence-corrected chi connectivity index (χ4v) is 2.74. The summed E-state index contributed by atoms with van der Waals surface area (Å²) in [6, 6.07) is 10.8. The minimum absolute atomic E-state index is 0.0684. The number of rotatable bonds is 6. The number of ether oxygens (including phenoxy) is 1. The lowest BCUT2D eigenvalue weighted by Crippen LogP contribution is -2.30. The molecule has 0 saturated heterocycles. The van der Waals surface area contributed by atoms with Crippen LogP contribution < -0.4 is 15.6 Å². The normalized spacial score (nSPS) is 11.7. The van der Waals surface area contributed by atoms with Gasteiger partial charge in [-0.05, 0) is 42.8 Å². The second kappa shape index (κ2) is 7.70. The number of hydrogen-bond donors (Lipinski definition) is 2. The van der Waals surface area contributed by atoms with Gasteiger partial charge in [-0.15, -0.1) is 11.8 Å². The molecular weight excluding hydrogens is 300 g/mol. The molecule has 0 saturated carbocycles. The summed E-state index contributed by atoms with van der Waals surface area (Å²) in [4.78, 5) is 26.8. The van der Waals surface area contributed by atoms with Gasteiger partial charge < -0.3 is 15.0 Å². The van der Waals surface area contributed by atoms with E-state index in [1.54, 1.807) is 19.4 Å². The Labute approximate surface area is 133 Å². The summed E-state index contributed by atoms with van der Waals surface area (Å²) >= 11 is 1.47. The maximum atomic E-state index is 12.1. The summed E-state index contributed by atoms with van der Waals surface area (Å²) in [6.07, 6.45) is 1.57. The second-order valence-electron chi connectivity index (χ2n) is 4.71. The van der Waals surface area contributed by atoms with Gasteiger partial charge in [-0.3, -0.25) is 9.59 Å². The van der Waals surface area contributed by atoms with Crippen LogP contribution in [0.1, 0.15) is 12.5 Å². The Kier molecular flexibility index (Phi) is 5.66. The molecule has 1 unspecified atom stereocenters. The highest BCUT2D eigenvalue weighted by Gasteiger charge is 2.14. The smallest absolute Gasteiger partial charge is 0.248 e. The van der Waals surface area contributed by atoms with Crippen molar-refractivity contribution < 1.29 is 9.53 Å². The van der Waals surface area contributed by atoms with Crippen molar-refractivity contribution in [1.82, 2.24) is 10.3 Å². The van der Waals surface area contributed by atoms with E-state index in [4.69, 9.17) is 4.74 Å². The maximum Gasteiger partial charge on any atom is 0.248 e. The lowest BCUT2D eigenvalue weighted by atomic mass is 10.2. The van der Waals surface area contributed by atoms with Crippen molar-refractivity contribution in [3.05, 3.63) is 58.5 Å². The molecule has 2 N–H and O–H groups in total. The zero-order valence-corrected chi connectivity index (χ0v) is 13.3. The number of aromatic amines is 1. The van der Waals surface area contributed by atoms with Crippen LogP contribution >= 0.6 is 11.8 Å². The molecule has 0 radical (unpaired) electrons. The highest BCUT2D eigenvalue weighted by molar-refractivity contribution is 8.00. The van der Waals surface area contributed by atoms with Gasteiger partial charge >= 0.3 is 0 Å². The van der Waals surface area contributed by atoms with E-state index >= 15 is 0 Å². The number of H-pyrrole nitrogens is 1. The molecule has 5 nitrogen and oxygen atoms in total. The molecule has 0 aliphatic carbocycles. The van der Waals surface area contributed by atoms with Crippen LogP contribution in [-0.2, 0) is 11.3 Å². The molecule has 22 heavy (non-hydrogen) atoms. The Hall–Kier alpha value is -2.21. The lowest BCUT2D eigenvalue weighted by molar-refractivity contribution is -0.120. The van der Waals surface area contributed by atoms with Gasteiger partial charge in [0.1, 0.15) is 5.75 Å². The summed E-state index contributed by atoms with van der Waals surface area (Å²) < 4.78 is 5.10. The standard InChI is InChI=1S/C16H18N2O3S/c1-11(22-14-5-3-13(21-2)4-6-14)16(20)18-10-12-7-8-17-15(19)9-12/h3-9,11H,10H2,1-2H3,(H,17,19)(H,18,20). The monoisotopic (exact) mass is 318 g/mol. The first-order valence-electron chi connectivity index (χ1n) is 6.84. The number of aromatic nitrogens is 1. The predicted octanol–water partition coefficient (Wildman–Crippen LogP) is 2.18. The van der Waals surface area contributed by atoms with Crippen molar-refractivity contribution >= 4 is 17.7 Å². The Morgan fingerprint density at radius 3 is 2.68 bits per heavy atom. The van der Waals surface area contributed by atoms with Crippen molar-refractivity contribution in [2.45, 2.75) is 23.6 Å². The van der Waals surface area contributed by atoms with Crippen molar-refractivity contribution in [3.8, 4) is 5.75 Å². The average Bonchev–Trinajstić information content (AvgIpc) is 2.53. The number of amides is 1. The van der Waals surface area contributed by atoms with Crippen molar-refractivity contribution in [2.24, 2.45) is 0 Å². The van der Waals surface area contributed by atoms with Crippen LogP contribution in [0, 0.1) is 0 Å². The first kappa shape index (κ1) is 16.2. The van der Waals surface area contributed by atoms with Gasteiger partial charge in [0.2, 0.25) is 11.5 Å². The van der Waals surface area contributed by atoms with Gasteiger partial charge in [0.15, 0.2) is 0 Å². The fraction of sp³-hybridized carbons (Fsp3) is 0.250. The van der Waals surface area contributed by atoms with E-state index in [1.165, 1.54) is 17.8 Å². The number of nitrogens with one attached hydrogen (secondary N) is 2. The Balaban J connectivity index is 1.87. The number of carbonyl (C=O) groups is 1. The van der Waals surface area contributed by atoms with Gasteiger partial charge in [-0.1, -0.05) is 0 Å². The summed E-state index contributed by atoms with van der Waals surface area (Å²) in [6.45, 7) is 2.19. The van der Waals surface area contributed by atoms with Crippen LogP contribution in [0.25, 0.3) is 0 Å². The number of carbonyl (C=O) groups excluding carboxylic acids is 1. The molecule has 0 aliphatic heterocycles. The summed E-state index contributed by atoms with van der Waals surface area (Å²) in [5.41, 5.74) is 0.603. The van der Waals surface area contributed by atoms with Crippen LogP contribution in [0.15, 0.2) is 52.3 Å². The van der Waals surface area contributed by atoms with E-state index in [1.807, 2.05) is 31.2 Å². The average molecular weight is 318 g/mol. The zero-order chi connectivity index (χ0) is 15.9. The van der Waals surface area contributed by atoms with Crippen LogP contribution in [0.5, 0.6) is 5.75 Å². The molecule has 2 rings (SSSR count). The quantitative estimate of drug-likeness (QED) is 0.801. The van der Waals surface area contributed by atoms with E-state index in [0.29, 0.717) is 6.54 Å². The third kappa shape index (κ3) is 4.66. The van der Waals surface area contributed by atoms with Crippen molar-refractivity contribution in [1.29, 1.82) is 0 Å². The lowest BCUT2D eigenvalue weighted by Gasteiger charge is -2.12. The van der Waals surface area contributed by atoms with E-state index < -0.39 is 0 Å². The summed E-state index contributed by atoms with van der Waals surface area (Å²) in [7, 11) is 1.62. The van der Waals surface area contributed by atoms with Crippen molar-refractivity contribution in [3.63, 3.8) is 0 Å². The molecule has 0 aliphatic rings. The predicted molar refractivity (Wildman–Crippen MR) is 87.2 cm³/mol. The van der Waals surface area contributed by atoms with Gasteiger partial charge in [0, 0.05) is 23.7 Å². The third-order valence-electron chi connectivity index (χ3n) is 3.05. The number of hydrogen-bond acceptors (Lipinski definition) is 4. The van der Waals surface area contributed by atoms with Crippen LogP contribution in [0.2, 0.25) is 0 Å². The maximum absolute atomic E-state index is 12.1. The second-order valence-corrected chi connectivity index (χ2v) is 6.13. The Morgan fingerprint density at radius 1 is 1.32 bits per heavy atom. The highest BCUT2D eigenvalue weighted by atomic mass is 32.2. The van der Waals surface area contributed by atoms with Crippen molar-refractivity contribution in [2.75, 3.05) is 7.11 Å². The molecule has 1 aromatic carbocycles. The van der Waals surface area contributed by atoms with E-state index in [2.05, 4.69) is 10.3 Å². The van der Waals surface area contributed by atoms with E-state index in [0.717, 1.165) is 16.2 Å². The SMILES string of the molecule is COc1ccc(SC(C)C(=O)NCc2cc[nH]c(=O)c2)cc1. The van der Waals surface area contributed by atoms with Gasteiger partial charge in [-0.25, -0.2) is 0 Å². The molecule has 116 valence electrons. The molecule has 1 atom stereocenters. The number of benzene rings is 1. The van der Waals surface area contributed by atoms with E-state index in [9.17, 15) is 9.59 Å². The molecule has 1 aromatic heterocycles. The summed E-state index contributed by atoms with van der Waals surface area (Å²) in [5.74, 6) is 0.719. The molecule has 6 heteroatoms. The number of pyridine rings is 1. The van der Waals surface area contributed by atoms with Gasteiger partial charge in [-0.2, -0.15) is 0 Å². The minimum atomic E-state index is -0.226.